The second kappa shape index (κ2) is 5.82. The Kier molecular flexibility index (Phi) is 4.44. The summed E-state index contributed by atoms with van der Waals surface area (Å²) in [5, 5.41) is 10.9. The Bertz CT molecular complexity index is 463. The summed E-state index contributed by atoms with van der Waals surface area (Å²) in [5.41, 5.74) is 1.61. The van der Waals surface area contributed by atoms with E-state index in [9.17, 15) is 14.9 Å². The van der Waals surface area contributed by atoms with E-state index in [1.165, 1.54) is 32.2 Å². The molecule has 0 spiro atoms. The van der Waals surface area contributed by atoms with Crippen molar-refractivity contribution in [1.82, 2.24) is 5.43 Å². The number of hydrazine groups is 1. The standard InChI is InChI=1S/C10H13N3O5/c1-6(10(14)12-11)18-9-4-3-7(17-2)5-8(9)13(15)16/h3-6H,11H2,1-2H3,(H,12,14). The summed E-state index contributed by atoms with van der Waals surface area (Å²) in [6, 6.07) is 4.06. The number of nitro groups is 1. The fraction of sp³-hybridized carbons (Fsp3) is 0.300. The number of hydrogen-bond acceptors (Lipinski definition) is 6. The van der Waals surface area contributed by atoms with Gasteiger partial charge in [0.1, 0.15) is 5.75 Å². The Labute approximate surface area is 103 Å². The van der Waals surface area contributed by atoms with Gasteiger partial charge in [0.25, 0.3) is 5.91 Å². The average Bonchev–Trinajstić information content (AvgIpc) is 2.37. The highest BCUT2D eigenvalue weighted by molar-refractivity contribution is 5.80. The number of nitrogens with two attached hydrogens (primary N) is 1. The molecule has 0 aliphatic heterocycles. The molecule has 8 nitrogen and oxygen atoms in total. The first-order valence-corrected chi connectivity index (χ1v) is 4.99. The van der Waals surface area contributed by atoms with Gasteiger partial charge < -0.3 is 9.47 Å². The van der Waals surface area contributed by atoms with Crippen molar-refractivity contribution in [1.29, 1.82) is 0 Å². The fourth-order valence-corrected chi connectivity index (χ4v) is 1.23. The van der Waals surface area contributed by atoms with Crippen LogP contribution in [0.1, 0.15) is 6.92 Å². The lowest BCUT2D eigenvalue weighted by Gasteiger charge is -2.13. The summed E-state index contributed by atoms with van der Waals surface area (Å²) < 4.78 is 10.0. The molecular weight excluding hydrogens is 242 g/mol. The van der Waals surface area contributed by atoms with Crippen molar-refractivity contribution < 1.29 is 19.2 Å². The number of nitrogens with zero attached hydrogens (tertiary/aromatic N) is 1. The van der Waals surface area contributed by atoms with Crippen molar-refractivity contribution in [2.45, 2.75) is 13.0 Å². The number of carbonyl (C=O) groups excluding carboxylic acids is 1. The van der Waals surface area contributed by atoms with Crippen molar-refractivity contribution in [3.8, 4) is 11.5 Å². The highest BCUT2D eigenvalue weighted by Crippen LogP contribution is 2.31. The highest BCUT2D eigenvalue weighted by atomic mass is 16.6. The highest BCUT2D eigenvalue weighted by Gasteiger charge is 2.21. The van der Waals surface area contributed by atoms with Crippen LogP contribution in [-0.4, -0.2) is 24.0 Å². The van der Waals surface area contributed by atoms with Gasteiger partial charge in [-0.3, -0.25) is 20.3 Å². The van der Waals surface area contributed by atoms with E-state index < -0.39 is 16.9 Å². The zero-order valence-corrected chi connectivity index (χ0v) is 9.88. The number of carbonyl (C=O) groups is 1. The van der Waals surface area contributed by atoms with Crippen LogP contribution >= 0.6 is 0 Å². The summed E-state index contributed by atoms with van der Waals surface area (Å²) in [6.45, 7) is 1.43. The van der Waals surface area contributed by atoms with Gasteiger partial charge in [0, 0.05) is 0 Å². The van der Waals surface area contributed by atoms with Gasteiger partial charge in [0.2, 0.25) is 0 Å². The summed E-state index contributed by atoms with van der Waals surface area (Å²) in [7, 11) is 1.39. The van der Waals surface area contributed by atoms with Crippen molar-refractivity contribution in [2.24, 2.45) is 5.84 Å². The molecule has 0 saturated carbocycles. The largest absolute Gasteiger partial charge is 0.496 e. The second-order valence-corrected chi connectivity index (χ2v) is 3.36. The third kappa shape index (κ3) is 3.08. The van der Waals surface area contributed by atoms with Gasteiger partial charge in [-0.25, -0.2) is 5.84 Å². The topological polar surface area (TPSA) is 117 Å². The van der Waals surface area contributed by atoms with Crippen LogP contribution in [0.5, 0.6) is 11.5 Å². The van der Waals surface area contributed by atoms with E-state index in [2.05, 4.69) is 0 Å². The van der Waals surface area contributed by atoms with E-state index >= 15 is 0 Å². The minimum Gasteiger partial charge on any atom is -0.496 e. The van der Waals surface area contributed by atoms with Crippen LogP contribution in [0.25, 0.3) is 0 Å². The molecule has 98 valence electrons. The van der Waals surface area contributed by atoms with Crippen LogP contribution in [-0.2, 0) is 4.79 Å². The van der Waals surface area contributed by atoms with E-state index in [1.807, 2.05) is 5.43 Å². The molecule has 0 aliphatic rings. The summed E-state index contributed by atoms with van der Waals surface area (Å²) in [6.07, 6.45) is -0.943. The van der Waals surface area contributed by atoms with Crippen LogP contribution in [0.2, 0.25) is 0 Å². The Morgan fingerprint density at radius 1 is 1.56 bits per heavy atom. The van der Waals surface area contributed by atoms with Gasteiger partial charge in [0.15, 0.2) is 11.9 Å². The molecule has 1 rings (SSSR count). The van der Waals surface area contributed by atoms with Gasteiger partial charge in [-0.15, -0.1) is 0 Å². The Morgan fingerprint density at radius 2 is 2.22 bits per heavy atom. The van der Waals surface area contributed by atoms with E-state index in [0.717, 1.165) is 0 Å². The Morgan fingerprint density at radius 3 is 2.72 bits per heavy atom. The van der Waals surface area contributed by atoms with Gasteiger partial charge in [-0.1, -0.05) is 0 Å². The Hall–Kier alpha value is -2.35. The van der Waals surface area contributed by atoms with Gasteiger partial charge >= 0.3 is 5.69 Å². The molecule has 0 radical (unpaired) electrons. The van der Waals surface area contributed by atoms with E-state index in [-0.39, 0.29) is 11.4 Å². The minimum absolute atomic E-state index is 0.0306. The maximum absolute atomic E-state index is 11.2. The summed E-state index contributed by atoms with van der Waals surface area (Å²) >= 11 is 0. The number of methoxy groups -OCH3 is 1. The molecule has 0 aromatic heterocycles. The van der Waals surface area contributed by atoms with E-state index in [0.29, 0.717) is 5.75 Å². The van der Waals surface area contributed by atoms with Crippen LogP contribution in [0.3, 0.4) is 0 Å². The van der Waals surface area contributed by atoms with E-state index in [4.69, 9.17) is 15.3 Å². The van der Waals surface area contributed by atoms with E-state index in [1.54, 1.807) is 0 Å². The van der Waals surface area contributed by atoms with Crippen LogP contribution < -0.4 is 20.7 Å². The molecule has 0 saturated heterocycles. The maximum Gasteiger partial charge on any atom is 0.314 e. The molecule has 0 fully saturated rings. The van der Waals surface area contributed by atoms with Gasteiger partial charge in [-0.2, -0.15) is 0 Å². The number of nitrogens with one attached hydrogen (secondary N) is 1. The predicted octanol–water partition coefficient (Wildman–Crippen LogP) is 0.361. The third-order valence-corrected chi connectivity index (χ3v) is 2.18. The molecule has 3 N–H and O–H groups in total. The molecule has 1 amide bonds. The first-order valence-electron chi connectivity index (χ1n) is 4.99. The van der Waals surface area contributed by atoms with Crippen molar-refractivity contribution >= 4 is 11.6 Å². The minimum atomic E-state index is -0.943. The van der Waals surface area contributed by atoms with Crippen molar-refractivity contribution in [2.75, 3.05) is 7.11 Å². The summed E-state index contributed by atoms with van der Waals surface area (Å²) in [5.74, 6) is 4.65. The number of amides is 1. The number of rotatable bonds is 5. The van der Waals surface area contributed by atoms with Crippen molar-refractivity contribution in [3.63, 3.8) is 0 Å². The molecule has 1 aromatic rings. The molecule has 18 heavy (non-hydrogen) atoms. The van der Waals surface area contributed by atoms with Crippen molar-refractivity contribution in [3.05, 3.63) is 28.3 Å². The van der Waals surface area contributed by atoms with Gasteiger partial charge in [0.05, 0.1) is 18.1 Å². The molecular formula is C10H13N3O5. The number of nitro benzene ring substituents is 1. The molecule has 1 aromatic carbocycles. The lowest BCUT2D eigenvalue weighted by molar-refractivity contribution is -0.386. The third-order valence-electron chi connectivity index (χ3n) is 2.18. The molecule has 0 heterocycles. The lowest BCUT2D eigenvalue weighted by Crippen LogP contribution is -2.40. The predicted molar refractivity (Wildman–Crippen MR) is 62.1 cm³/mol. The van der Waals surface area contributed by atoms with Crippen LogP contribution in [0.15, 0.2) is 18.2 Å². The quantitative estimate of drug-likeness (QED) is 0.339. The average molecular weight is 255 g/mol. The number of benzene rings is 1. The second-order valence-electron chi connectivity index (χ2n) is 3.36. The summed E-state index contributed by atoms with van der Waals surface area (Å²) in [4.78, 5) is 21.4. The normalized spacial score (nSPS) is 11.5. The molecule has 0 aliphatic carbocycles. The molecule has 8 heteroatoms. The zero-order chi connectivity index (χ0) is 13.7. The first-order chi connectivity index (χ1) is 8.49. The first kappa shape index (κ1) is 13.7. The molecule has 1 atom stereocenters. The maximum atomic E-state index is 11.2. The molecule has 1 unspecified atom stereocenters. The zero-order valence-electron chi connectivity index (χ0n) is 9.88. The van der Waals surface area contributed by atoms with Gasteiger partial charge in [-0.05, 0) is 19.1 Å². The monoisotopic (exact) mass is 255 g/mol. The number of hydrogen-bond donors (Lipinski definition) is 2. The Balaban J connectivity index is 3.01. The van der Waals surface area contributed by atoms with Crippen LogP contribution in [0, 0.1) is 10.1 Å². The number of ether oxygens (including phenoxy) is 2. The SMILES string of the molecule is COc1ccc(OC(C)C(=O)NN)c([N+](=O)[O-])c1. The van der Waals surface area contributed by atoms with Crippen LogP contribution in [0.4, 0.5) is 5.69 Å². The smallest absolute Gasteiger partial charge is 0.314 e. The molecule has 0 bridgehead atoms. The lowest BCUT2D eigenvalue weighted by atomic mass is 10.2. The fourth-order valence-electron chi connectivity index (χ4n) is 1.23.